The molecule has 0 atom stereocenters. The Hall–Kier alpha value is -2.31. The van der Waals surface area contributed by atoms with Gasteiger partial charge >= 0.3 is 12.2 Å². The number of benzene rings is 1. The second kappa shape index (κ2) is 8.80. The van der Waals surface area contributed by atoms with Crippen LogP contribution in [0.5, 0.6) is 6.01 Å². The first kappa shape index (κ1) is 20.4. The molecule has 28 heavy (non-hydrogen) atoms. The molecular weight excluding hydrogens is 367 g/mol. The molecule has 1 aliphatic carbocycles. The van der Waals surface area contributed by atoms with Crippen molar-refractivity contribution in [2.24, 2.45) is 0 Å². The number of rotatable bonds is 7. The third-order valence-corrected chi connectivity index (χ3v) is 5.21. The second-order valence-electron chi connectivity index (χ2n) is 7.22. The number of anilines is 2. The highest BCUT2D eigenvalue weighted by atomic mass is 19.4. The maximum Gasteiger partial charge on any atom is 0.421 e. The summed E-state index contributed by atoms with van der Waals surface area (Å²) >= 11 is 0. The number of unbranched alkanes of at least 4 members (excludes halogenated alkanes) is 1. The van der Waals surface area contributed by atoms with E-state index in [9.17, 15) is 13.2 Å². The zero-order chi connectivity index (χ0) is 20.1. The summed E-state index contributed by atoms with van der Waals surface area (Å²) in [7, 11) is 1.58. The molecule has 0 spiro atoms. The van der Waals surface area contributed by atoms with Crippen molar-refractivity contribution in [1.82, 2.24) is 9.97 Å². The van der Waals surface area contributed by atoms with E-state index in [2.05, 4.69) is 9.97 Å². The summed E-state index contributed by atoms with van der Waals surface area (Å²) in [6.45, 7) is 2.38. The van der Waals surface area contributed by atoms with Crippen molar-refractivity contribution in [2.75, 3.05) is 18.6 Å². The molecule has 0 unspecified atom stereocenters. The quantitative estimate of drug-likeness (QED) is 0.533. The summed E-state index contributed by atoms with van der Waals surface area (Å²) in [6.07, 6.45) is 2.79. The lowest BCUT2D eigenvalue weighted by atomic mass is 9.97. The minimum Gasteiger partial charge on any atom is -0.463 e. The van der Waals surface area contributed by atoms with Gasteiger partial charge < -0.3 is 9.64 Å². The largest absolute Gasteiger partial charge is 0.463 e. The van der Waals surface area contributed by atoms with Crippen molar-refractivity contribution in [3.8, 4) is 6.01 Å². The molecule has 0 N–H and O–H groups in total. The lowest BCUT2D eigenvalue weighted by Crippen LogP contribution is -2.19. The summed E-state index contributed by atoms with van der Waals surface area (Å²) in [6, 6.07) is 7.69. The fourth-order valence-electron chi connectivity index (χ4n) is 3.54. The standard InChI is InChI=1S/C21H26F3N3O/c1-3-4-13-28-20-25-14-18(21(22,23)24)19(26-20)27(2)17-11-9-16(10-12-17)15-7-5-6-8-15/h9-12,14-15H,3-8,13H2,1-2H3. The van der Waals surface area contributed by atoms with Gasteiger partial charge in [-0.1, -0.05) is 38.3 Å². The molecule has 0 aliphatic heterocycles. The molecule has 1 fully saturated rings. The molecule has 2 aromatic rings. The van der Waals surface area contributed by atoms with E-state index >= 15 is 0 Å². The van der Waals surface area contributed by atoms with Crippen LogP contribution in [0.15, 0.2) is 30.5 Å². The number of hydrogen-bond donors (Lipinski definition) is 0. The minimum atomic E-state index is -4.55. The number of aromatic nitrogens is 2. The average Bonchev–Trinajstić information content (AvgIpc) is 3.22. The molecule has 1 aliphatic rings. The van der Waals surface area contributed by atoms with E-state index in [0.29, 0.717) is 18.2 Å². The fourth-order valence-corrected chi connectivity index (χ4v) is 3.54. The van der Waals surface area contributed by atoms with Crippen LogP contribution in [0.25, 0.3) is 0 Å². The summed E-state index contributed by atoms with van der Waals surface area (Å²) in [5.41, 5.74) is 1.01. The van der Waals surface area contributed by atoms with Gasteiger partial charge in [0.05, 0.1) is 6.61 Å². The monoisotopic (exact) mass is 393 g/mol. The van der Waals surface area contributed by atoms with Crippen LogP contribution < -0.4 is 9.64 Å². The van der Waals surface area contributed by atoms with Crippen molar-refractivity contribution in [3.05, 3.63) is 41.6 Å². The molecule has 152 valence electrons. The van der Waals surface area contributed by atoms with Crippen LogP contribution in [-0.4, -0.2) is 23.6 Å². The molecule has 0 amide bonds. The Labute approximate surface area is 163 Å². The van der Waals surface area contributed by atoms with E-state index in [-0.39, 0.29) is 11.8 Å². The first-order valence-electron chi connectivity index (χ1n) is 9.81. The maximum absolute atomic E-state index is 13.5. The predicted octanol–water partition coefficient (Wildman–Crippen LogP) is 6.10. The highest BCUT2D eigenvalue weighted by molar-refractivity contribution is 5.63. The van der Waals surface area contributed by atoms with Gasteiger partial charge in [0.1, 0.15) is 5.56 Å². The number of halogens is 3. The van der Waals surface area contributed by atoms with Crippen molar-refractivity contribution >= 4 is 11.5 Å². The molecule has 1 aromatic heterocycles. The van der Waals surface area contributed by atoms with Crippen LogP contribution in [0, 0.1) is 0 Å². The Morgan fingerprint density at radius 3 is 2.43 bits per heavy atom. The second-order valence-corrected chi connectivity index (χ2v) is 7.22. The van der Waals surface area contributed by atoms with Crippen molar-refractivity contribution in [2.45, 2.75) is 57.5 Å². The average molecular weight is 393 g/mol. The first-order valence-corrected chi connectivity index (χ1v) is 9.81. The van der Waals surface area contributed by atoms with Crippen LogP contribution in [-0.2, 0) is 6.18 Å². The third-order valence-electron chi connectivity index (χ3n) is 5.21. The Kier molecular flexibility index (Phi) is 6.42. The van der Waals surface area contributed by atoms with E-state index in [0.717, 1.165) is 19.0 Å². The SMILES string of the molecule is CCCCOc1ncc(C(F)(F)F)c(N(C)c2ccc(C3CCCC3)cc2)n1. The zero-order valence-electron chi connectivity index (χ0n) is 16.3. The predicted molar refractivity (Wildman–Crippen MR) is 103 cm³/mol. The molecule has 1 heterocycles. The summed E-state index contributed by atoms with van der Waals surface area (Å²) < 4.78 is 45.9. The summed E-state index contributed by atoms with van der Waals surface area (Å²) in [5.74, 6) is 0.352. The van der Waals surface area contributed by atoms with E-state index in [4.69, 9.17) is 4.74 Å². The fraction of sp³-hybridized carbons (Fsp3) is 0.524. The molecule has 1 saturated carbocycles. The topological polar surface area (TPSA) is 38.2 Å². The lowest BCUT2D eigenvalue weighted by Gasteiger charge is -2.23. The van der Waals surface area contributed by atoms with Crippen LogP contribution in [0.1, 0.15) is 62.5 Å². The van der Waals surface area contributed by atoms with Crippen LogP contribution in [0.3, 0.4) is 0 Å². The Morgan fingerprint density at radius 1 is 1.14 bits per heavy atom. The Bertz CT molecular complexity index is 771. The van der Waals surface area contributed by atoms with Gasteiger partial charge in [-0.3, -0.25) is 0 Å². The number of ether oxygens (including phenoxy) is 1. The van der Waals surface area contributed by atoms with E-state index in [1.807, 2.05) is 31.2 Å². The van der Waals surface area contributed by atoms with Crippen molar-refractivity contribution in [1.29, 1.82) is 0 Å². The maximum atomic E-state index is 13.5. The smallest absolute Gasteiger partial charge is 0.421 e. The summed E-state index contributed by atoms with van der Waals surface area (Å²) in [5, 5.41) is 0. The van der Waals surface area contributed by atoms with Gasteiger partial charge in [-0.05, 0) is 42.9 Å². The van der Waals surface area contributed by atoms with Crippen LogP contribution in [0.2, 0.25) is 0 Å². The normalized spacial score (nSPS) is 15.0. The van der Waals surface area contributed by atoms with Crippen molar-refractivity contribution in [3.63, 3.8) is 0 Å². The van der Waals surface area contributed by atoms with Crippen LogP contribution in [0.4, 0.5) is 24.7 Å². The van der Waals surface area contributed by atoms with E-state index < -0.39 is 11.7 Å². The lowest BCUT2D eigenvalue weighted by molar-refractivity contribution is -0.137. The number of alkyl halides is 3. The van der Waals surface area contributed by atoms with Gasteiger partial charge in [0.2, 0.25) is 0 Å². The molecule has 1 aromatic carbocycles. The van der Waals surface area contributed by atoms with Gasteiger partial charge in [-0.25, -0.2) is 4.98 Å². The van der Waals surface area contributed by atoms with Gasteiger partial charge in [0.15, 0.2) is 5.82 Å². The highest BCUT2D eigenvalue weighted by Crippen LogP contribution is 2.39. The van der Waals surface area contributed by atoms with Gasteiger partial charge in [0.25, 0.3) is 0 Å². The molecule has 0 bridgehead atoms. The van der Waals surface area contributed by atoms with Gasteiger partial charge in [-0.15, -0.1) is 0 Å². The van der Waals surface area contributed by atoms with Crippen LogP contribution >= 0.6 is 0 Å². The molecule has 0 saturated heterocycles. The molecule has 4 nitrogen and oxygen atoms in total. The van der Waals surface area contributed by atoms with Gasteiger partial charge in [-0.2, -0.15) is 18.2 Å². The molecule has 7 heteroatoms. The third kappa shape index (κ3) is 4.75. The number of hydrogen-bond acceptors (Lipinski definition) is 4. The highest BCUT2D eigenvalue weighted by Gasteiger charge is 2.36. The first-order chi connectivity index (χ1) is 13.4. The van der Waals surface area contributed by atoms with Gasteiger partial charge in [0, 0.05) is 18.9 Å². The molecule has 0 radical (unpaired) electrons. The molecule has 3 rings (SSSR count). The molecular formula is C21H26F3N3O. The van der Waals surface area contributed by atoms with E-state index in [1.165, 1.54) is 36.1 Å². The zero-order valence-corrected chi connectivity index (χ0v) is 16.3. The Morgan fingerprint density at radius 2 is 1.82 bits per heavy atom. The Balaban J connectivity index is 1.87. The summed E-state index contributed by atoms with van der Waals surface area (Å²) in [4.78, 5) is 9.24. The van der Waals surface area contributed by atoms with Crippen molar-refractivity contribution < 1.29 is 17.9 Å². The van der Waals surface area contributed by atoms with E-state index in [1.54, 1.807) is 7.05 Å². The number of nitrogens with zero attached hydrogens (tertiary/aromatic N) is 3. The minimum absolute atomic E-state index is 0.0362.